The maximum atomic E-state index is 12.5. The van der Waals surface area contributed by atoms with E-state index in [4.69, 9.17) is 11.6 Å². The van der Waals surface area contributed by atoms with Crippen LogP contribution in [-0.4, -0.2) is 15.0 Å². The normalized spacial score (nSPS) is 18.0. The highest BCUT2D eigenvalue weighted by molar-refractivity contribution is 7.89. The van der Waals surface area contributed by atoms with Crippen LogP contribution in [0.5, 0.6) is 0 Å². The predicted molar refractivity (Wildman–Crippen MR) is 95.7 cm³/mol. The first-order chi connectivity index (χ1) is 11.0. The third kappa shape index (κ3) is 3.79. The number of sulfonamides is 1. The van der Waals surface area contributed by atoms with Crippen molar-refractivity contribution in [3.05, 3.63) is 51.7 Å². The van der Waals surface area contributed by atoms with E-state index in [1.807, 2.05) is 6.07 Å². The molecule has 0 bridgehead atoms. The summed E-state index contributed by atoms with van der Waals surface area (Å²) < 4.78 is 27.9. The number of rotatable bonds is 5. The summed E-state index contributed by atoms with van der Waals surface area (Å²) >= 11 is 7.56. The van der Waals surface area contributed by atoms with E-state index in [2.05, 4.69) is 16.2 Å². The number of halogens is 1. The van der Waals surface area contributed by atoms with Crippen molar-refractivity contribution in [1.29, 1.82) is 0 Å². The molecule has 0 spiro atoms. The van der Waals surface area contributed by atoms with Crippen LogP contribution >= 0.6 is 22.9 Å². The summed E-state index contributed by atoms with van der Waals surface area (Å²) in [6.45, 7) is 0.457. The van der Waals surface area contributed by atoms with E-state index >= 15 is 0 Å². The Kier molecular flexibility index (Phi) is 5.11. The van der Waals surface area contributed by atoms with Crippen LogP contribution in [0, 0.1) is 0 Å². The monoisotopic (exact) mass is 369 g/mol. The van der Waals surface area contributed by atoms with Gasteiger partial charge < -0.3 is 0 Å². The zero-order valence-electron chi connectivity index (χ0n) is 12.8. The zero-order valence-corrected chi connectivity index (χ0v) is 15.2. The van der Waals surface area contributed by atoms with Gasteiger partial charge in [-0.25, -0.2) is 13.1 Å². The third-order valence-electron chi connectivity index (χ3n) is 4.58. The molecule has 0 radical (unpaired) electrons. The summed E-state index contributed by atoms with van der Waals surface area (Å²) in [5, 5.41) is 2.60. The van der Waals surface area contributed by atoms with Gasteiger partial charge in [0.1, 0.15) is 0 Å². The Morgan fingerprint density at radius 1 is 1.09 bits per heavy atom. The van der Waals surface area contributed by atoms with Gasteiger partial charge in [-0.3, -0.25) is 0 Å². The Morgan fingerprint density at radius 2 is 1.78 bits per heavy atom. The summed E-state index contributed by atoms with van der Waals surface area (Å²) in [6, 6.07) is 10.5. The van der Waals surface area contributed by atoms with E-state index in [0.29, 0.717) is 11.6 Å². The molecule has 23 heavy (non-hydrogen) atoms. The zero-order chi connectivity index (χ0) is 16.3. The molecule has 124 valence electrons. The molecule has 1 aliphatic carbocycles. The molecule has 0 unspecified atom stereocenters. The highest BCUT2D eigenvalue weighted by Gasteiger charge is 2.36. The van der Waals surface area contributed by atoms with Crippen LogP contribution in [0.3, 0.4) is 0 Å². The van der Waals surface area contributed by atoms with Crippen molar-refractivity contribution >= 4 is 33.0 Å². The van der Waals surface area contributed by atoms with Gasteiger partial charge in [-0.05, 0) is 48.6 Å². The first kappa shape index (κ1) is 17.0. The number of nitrogens with one attached hydrogen (secondary N) is 1. The molecule has 1 heterocycles. The van der Waals surface area contributed by atoms with Crippen LogP contribution in [0.2, 0.25) is 5.02 Å². The van der Waals surface area contributed by atoms with Crippen LogP contribution in [0.15, 0.2) is 46.7 Å². The largest absolute Gasteiger partial charge is 0.240 e. The molecule has 0 saturated heterocycles. The first-order valence-electron chi connectivity index (χ1n) is 7.81. The van der Waals surface area contributed by atoms with Crippen LogP contribution in [0.1, 0.15) is 37.0 Å². The molecule has 0 atom stereocenters. The van der Waals surface area contributed by atoms with Crippen molar-refractivity contribution in [3.63, 3.8) is 0 Å². The molecule has 1 N–H and O–H groups in total. The lowest BCUT2D eigenvalue weighted by Gasteiger charge is -2.36. The van der Waals surface area contributed by atoms with Crippen molar-refractivity contribution in [2.75, 3.05) is 6.54 Å². The van der Waals surface area contributed by atoms with Crippen molar-refractivity contribution in [2.45, 2.75) is 42.4 Å². The summed E-state index contributed by atoms with van der Waals surface area (Å²) in [5.41, 5.74) is -0.0636. The molecule has 1 aromatic carbocycles. The second-order valence-corrected chi connectivity index (χ2v) is 9.25. The lowest BCUT2D eigenvalue weighted by atomic mass is 9.73. The average Bonchev–Trinajstić information content (AvgIpc) is 3.10. The van der Waals surface area contributed by atoms with Gasteiger partial charge in [0.15, 0.2) is 0 Å². The van der Waals surface area contributed by atoms with Crippen LogP contribution in [0.4, 0.5) is 0 Å². The van der Waals surface area contributed by atoms with Crippen LogP contribution in [0.25, 0.3) is 0 Å². The van der Waals surface area contributed by atoms with Crippen molar-refractivity contribution < 1.29 is 8.42 Å². The van der Waals surface area contributed by atoms with E-state index in [9.17, 15) is 8.42 Å². The molecule has 1 aliphatic rings. The molecule has 3 rings (SSSR count). The molecule has 1 aromatic heterocycles. The van der Waals surface area contributed by atoms with Gasteiger partial charge in [0.25, 0.3) is 0 Å². The SMILES string of the molecule is O=S(=O)(NCC1(c2cccs2)CCCCC1)c1ccc(Cl)cc1. The van der Waals surface area contributed by atoms with Gasteiger partial charge >= 0.3 is 0 Å². The minimum absolute atomic E-state index is 0.0636. The molecular formula is C17H20ClNO2S2. The lowest BCUT2D eigenvalue weighted by molar-refractivity contribution is 0.298. The maximum Gasteiger partial charge on any atom is 0.240 e. The molecular weight excluding hydrogens is 350 g/mol. The van der Waals surface area contributed by atoms with E-state index in [0.717, 1.165) is 25.7 Å². The summed E-state index contributed by atoms with van der Waals surface area (Å²) in [5.74, 6) is 0. The van der Waals surface area contributed by atoms with E-state index in [1.165, 1.54) is 11.3 Å². The Morgan fingerprint density at radius 3 is 2.39 bits per heavy atom. The predicted octanol–water partition coefficient (Wildman–Crippen LogP) is 4.58. The second-order valence-electron chi connectivity index (χ2n) is 6.10. The maximum absolute atomic E-state index is 12.5. The quantitative estimate of drug-likeness (QED) is 0.838. The van der Waals surface area contributed by atoms with E-state index in [-0.39, 0.29) is 10.3 Å². The first-order valence-corrected chi connectivity index (χ1v) is 10.6. The minimum atomic E-state index is -3.51. The van der Waals surface area contributed by atoms with Crippen molar-refractivity contribution in [2.24, 2.45) is 0 Å². The highest BCUT2D eigenvalue weighted by Crippen LogP contribution is 2.41. The second kappa shape index (κ2) is 6.93. The number of hydrogen-bond acceptors (Lipinski definition) is 3. The van der Waals surface area contributed by atoms with E-state index < -0.39 is 10.0 Å². The van der Waals surface area contributed by atoms with Gasteiger partial charge in [-0.15, -0.1) is 11.3 Å². The van der Waals surface area contributed by atoms with Gasteiger partial charge in [-0.1, -0.05) is 36.9 Å². The van der Waals surface area contributed by atoms with Crippen molar-refractivity contribution in [3.8, 4) is 0 Å². The Bertz CT molecular complexity index is 733. The fraction of sp³-hybridized carbons (Fsp3) is 0.412. The van der Waals surface area contributed by atoms with Gasteiger partial charge in [0, 0.05) is 21.9 Å². The third-order valence-corrected chi connectivity index (χ3v) is 7.36. The minimum Gasteiger partial charge on any atom is -0.210 e. The lowest BCUT2D eigenvalue weighted by Crippen LogP contribution is -2.41. The average molecular weight is 370 g/mol. The topological polar surface area (TPSA) is 46.2 Å². The Balaban J connectivity index is 1.80. The fourth-order valence-corrected chi connectivity index (χ4v) is 5.49. The number of hydrogen-bond donors (Lipinski definition) is 1. The fourth-order valence-electron chi connectivity index (χ4n) is 3.25. The number of benzene rings is 1. The molecule has 1 saturated carbocycles. The Labute approximate surface area is 146 Å². The summed E-state index contributed by atoms with van der Waals surface area (Å²) in [7, 11) is -3.51. The van der Waals surface area contributed by atoms with Gasteiger partial charge in [-0.2, -0.15) is 0 Å². The van der Waals surface area contributed by atoms with Gasteiger partial charge in [0.2, 0.25) is 10.0 Å². The molecule has 0 amide bonds. The van der Waals surface area contributed by atoms with Crippen molar-refractivity contribution in [1.82, 2.24) is 4.72 Å². The number of thiophene rings is 1. The molecule has 2 aromatic rings. The smallest absolute Gasteiger partial charge is 0.210 e. The molecule has 3 nitrogen and oxygen atoms in total. The summed E-state index contributed by atoms with van der Waals surface area (Å²) in [6.07, 6.45) is 5.62. The van der Waals surface area contributed by atoms with Gasteiger partial charge in [0.05, 0.1) is 4.90 Å². The van der Waals surface area contributed by atoms with E-state index in [1.54, 1.807) is 35.6 Å². The molecule has 6 heteroatoms. The summed E-state index contributed by atoms with van der Waals surface area (Å²) in [4.78, 5) is 1.55. The highest BCUT2D eigenvalue weighted by atomic mass is 35.5. The molecule has 1 fully saturated rings. The standard InChI is InChI=1S/C17H20ClNO2S2/c18-14-6-8-15(9-7-14)23(20,21)19-13-17(10-2-1-3-11-17)16-5-4-12-22-16/h4-9,12,19H,1-3,10-11,13H2. The van der Waals surface area contributed by atoms with Crippen LogP contribution < -0.4 is 4.72 Å². The molecule has 0 aliphatic heterocycles. The van der Waals surface area contributed by atoms with Crippen LogP contribution in [-0.2, 0) is 15.4 Å². The Hall–Kier alpha value is -0.880.